The van der Waals surface area contributed by atoms with Gasteiger partial charge in [-0.3, -0.25) is 14.3 Å². The first-order valence-corrected chi connectivity index (χ1v) is 11.5. The van der Waals surface area contributed by atoms with E-state index in [1.807, 2.05) is 49.0 Å². The molecule has 32 heavy (non-hydrogen) atoms. The van der Waals surface area contributed by atoms with Gasteiger partial charge in [-0.15, -0.1) is 0 Å². The van der Waals surface area contributed by atoms with Crippen molar-refractivity contribution in [2.45, 2.75) is 50.7 Å². The molecule has 2 aliphatic rings. The van der Waals surface area contributed by atoms with Gasteiger partial charge < -0.3 is 20.7 Å². The first-order valence-electron chi connectivity index (χ1n) is 11.5. The van der Waals surface area contributed by atoms with Crippen molar-refractivity contribution in [1.29, 1.82) is 0 Å². The Morgan fingerprint density at radius 3 is 2.53 bits per heavy atom. The van der Waals surface area contributed by atoms with Gasteiger partial charge in [-0.25, -0.2) is 0 Å². The third-order valence-corrected chi connectivity index (χ3v) is 6.78. The lowest BCUT2D eigenvalue weighted by molar-refractivity contribution is -0.141. The molecule has 2 aromatic rings. The average Bonchev–Trinajstić information content (AvgIpc) is 3.48. The van der Waals surface area contributed by atoms with Crippen LogP contribution in [0.5, 0.6) is 0 Å². The van der Waals surface area contributed by atoms with Crippen molar-refractivity contribution < 1.29 is 14.3 Å². The topological polar surface area (TPSA) is 102 Å². The fourth-order valence-corrected chi connectivity index (χ4v) is 4.76. The lowest BCUT2D eigenvalue weighted by Crippen LogP contribution is -2.54. The van der Waals surface area contributed by atoms with Crippen LogP contribution >= 0.6 is 0 Å². The van der Waals surface area contributed by atoms with Crippen LogP contribution in [0.2, 0.25) is 0 Å². The maximum absolute atomic E-state index is 13.1. The van der Waals surface area contributed by atoms with Gasteiger partial charge in [-0.05, 0) is 55.7 Å². The SMILES string of the molecule is CC(NC(=O)C1CCCN1C(=O)C(N)C1CCOCC1)c1ccc(-c2ccnn2C)cc1. The molecule has 0 aliphatic carbocycles. The Kier molecular flexibility index (Phi) is 6.91. The number of rotatable bonds is 6. The van der Waals surface area contributed by atoms with Crippen LogP contribution in [-0.4, -0.2) is 58.3 Å². The summed E-state index contributed by atoms with van der Waals surface area (Å²) in [5.41, 5.74) is 9.43. The van der Waals surface area contributed by atoms with E-state index in [9.17, 15) is 9.59 Å². The summed E-state index contributed by atoms with van der Waals surface area (Å²) < 4.78 is 7.22. The molecule has 3 atom stereocenters. The molecule has 0 saturated carbocycles. The fourth-order valence-electron chi connectivity index (χ4n) is 4.76. The van der Waals surface area contributed by atoms with Crippen molar-refractivity contribution in [1.82, 2.24) is 20.0 Å². The van der Waals surface area contributed by atoms with E-state index in [4.69, 9.17) is 10.5 Å². The van der Waals surface area contributed by atoms with E-state index >= 15 is 0 Å². The van der Waals surface area contributed by atoms with Crippen LogP contribution < -0.4 is 11.1 Å². The minimum absolute atomic E-state index is 0.109. The first-order chi connectivity index (χ1) is 15.5. The Morgan fingerprint density at radius 2 is 1.88 bits per heavy atom. The van der Waals surface area contributed by atoms with Crippen LogP contribution in [0.4, 0.5) is 0 Å². The Morgan fingerprint density at radius 1 is 1.16 bits per heavy atom. The normalized spacial score (nSPS) is 21.3. The number of nitrogens with one attached hydrogen (secondary N) is 1. The van der Waals surface area contributed by atoms with E-state index in [0.717, 1.165) is 36.1 Å². The molecule has 3 heterocycles. The maximum Gasteiger partial charge on any atom is 0.243 e. The van der Waals surface area contributed by atoms with Crippen molar-refractivity contribution in [3.63, 3.8) is 0 Å². The summed E-state index contributed by atoms with van der Waals surface area (Å²) in [7, 11) is 1.91. The third kappa shape index (κ3) is 4.71. The van der Waals surface area contributed by atoms with Crippen molar-refractivity contribution >= 4 is 11.8 Å². The van der Waals surface area contributed by atoms with Crippen molar-refractivity contribution in [3.8, 4) is 11.3 Å². The van der Waals surface area contributed by atoms with Crippen LogP contribution in [0.3, 0.4) is 0 Å². The Balaban J connectivity index is 1.38. The lowest BCUT2D eigenvalue weighted by Gasteiger charge is -2.32. The predicted molar refractivity (Wildman–Crippen MR) is 121 cm³/mol. The molecule has 1 aromatic carbocycles. The smallest absolute Gasteiger partial charge is 0.243 e. The summed E-state index contributed by atoms with van der Waals surface area (Å²) in [4.78, 5) is 27.8. The second-order valence-electron chi connectivity index (χ2n) is 8.86. The summed E-state index contributed by atoms with van der Waals surface area (Å²) in [6.07, 6.45) is 4.85. The molecule has 8 heteroatoms. The molecule has 0 radical (unpaired) electrons. The zero-order valence-electron chi connectivity index (χ0n) is 18.9. The lowest BCUT2D eigenvalue weighted by atomic mass is 9.91. The molecule has 2 fully saturated rings. The number of nitrogens with two attached hydrogens (primary N) is 1. The Hall–Kier alpha value is -2.71. The highest BCUT2D eigenvalue weighted by molar-refractivity contribution is 5.90. The number of carbonyl (C=O) groups is 2. The molecule has 3 N–H and O–H groups in total. The van der Waals surface area contributed by atoms with Crippen LogP contribution in [0.25, 0.3) is 11.3 Å². The van der Waals surface area contributed by atoms with Crippen LogP contribution in [0.15, 0.2) is 36.5 Å². The Bertz CT molecular complexity index is 935. The predicted octanol–water partition coefficient (Wildman–Crippen LogP) is 2.01. The highest BCUT2D eigenvalue weighted by atomic mass is 16.5. The highest BCUT2D eigenvalue weighted by Crippen LogP contribution is 2.25. The fraction of sp³-hybridized carbons (Fsp3) is 0.542. The quantitative estimate of drug-likeness (QED) is 0.717. The van der Waals surface area contributed by atoms with Gasteiger partial charge in [0, 0.05) is 33.0 Å². The van der Waals surface area contributed by atoms with E-state index in [1.54, 1.807) is 11.1 Å². The van der Waals surface area contributed by atoms with Crippen LogP contribution in [0.1, 0.15) is 44.2 Å². The second-order valence-corrected chi connectivity index (χ2v) is 8.86. The van der Waals surface area contributed by atoms with Crippen LogP contribution in [0, 0.1) is 5.92 Å². The van der Waals surface area contributed by atoms with Gasteiger partial charge in [0.1, 0.15) is 6.04 Å². The molecule has 8 nitrogen and oxygen atoms in total. The van der Waals surface area contributed by atoms with Crippen molar-refractivity contribution in [2.75, 3.05) is 19.8 Å². The molecular formula is C24H33N5O3. The number of carbonyl (C=O) groups excluding carboxylic acids is 2. The minimum Gasteiger partial charge on any atom is -0.381 e. The van der Waals surface area contributed by atoms with E-state index in [1.165, 1.54) is 0 Å². The molecule has 172 valence electrons. The van der Waals surface area contributed by atoms with E-state index in [2.05, 4.69) is 10.4 Å². The molecule has 3 unspecified atom stereocenters. The third-order valence-electron chi connectivity index (χ3n) is 6.78. The molecule has 4 rings (SSSR count). The first kappa shape index (κ1) is 22.5. The average molecular weight is 440 g/mol. The monoisotopic (exact) mass is 439 g/mol. The van der Waals surface area contributed by atoms with Gasteiger partial charge in [0.05, 0.1) is 17.8 Å². The summed E-state index contributed by atoms with van der Waals surface area (Å²) in [5.74, 6) is -0.0987. The summed E-state index contributed by atoms with van der Waals surface area (Å²) in [6, 6.07) is 8.90. The van der Waals surface area contributed by atoms with E-state index in [-0.39, 0.29) is 23.8 Å². The zero-order valence-corrected chi connectivity index (χ0v) is 18.9. The number of benzene rings is 1. The van der Waals surface area contributed by atoms with Gasteiger partial charge >= 0.3 is 0 Å². The van der Waals surface area contributed by atoms with E-state index < -0.39 is 12.1 Å². The number of likely N-dealkylation sites (tertiary alicyclic amines) is 1. The number of aryl methyl sites for hydroxylation is 1. The zero-order chi connectivity index (χ0) is 22.7. The number of aromatic nitrogens is 2. The number of nitrogens with zero attached hydrogens (tertiary/aromatic N) is 3. The van der Waals surface area contributed by atoms with Crippen LogP contribution in [-0.2, 0) is 21.4 Å². The van der Waals surface area contributed by atoms with Gasteiger partial charge in [0.15, 0.2) is 0 Å². The number of ether oxygens (including phenoxy) is 1. The molecule has 1 aromatic heterocycles. The summed E-state index contributed by atoms with van der Waals surface area (Å²) >= 11 is 0. The summed E-state index contributed by atoms with van der Waals surface area (Å²) in [6.45, 7) is 3.84. The number of hydrogen-bond donors (Lipinski definition) is 2. The standard InChI is InChI=1S/C24H33N5O3/c1-16(17-5-7-18(8-6-17)20-9-12-26-28(20)2)27-23(30)21-4-3-13-29(21)24(31)22(25)19-10-14-32-15-11-19/h5-9,12,16,19,21-22H,3-4,10-11,13-15,25H2,1-2H3,(H,27,30). The number of amides is 2. The van der Waals surface area contributed by atoms with Gasteiger partial charge in [-0.1, -0.05) is 24.3 Å². The van der Waals surface area contributed by atoms with Crippen molar-refractivity contribution in [3.05, 3.63) is 42.1 Å². The molecule has 2 amide bonds. The molecule has 0 bridgehead atoms. The van der Waals surface area contributed by atoms with Gasteiger partial charge in [0.25, 0.3) is 0 Å². The largest absolute Gasteiger partial charge is 0.381 e. The summed E-state index contributed by atoms with van der Waals surface area (Å²) in [5, 5.41) is 7.31. The highest BCUT2D eigenvalue weighted by Gasteiger charge is 2.38. The molecule has 0 spiro atoms. The maximum atomic E-state index is 13.1. The number of hydrogen-bond acceptors (Lipinski definition) is 5. The molecule has 2 aliphatic heterocycles. The van der Waals surface area contributed by atoms with Gasteiger partial charge in [-0.2, -0.15) is 5.10 Å². The minimum atomic E-state index is -0.565. The molecule has 2 saturated heterocycles. The Labute approximate surface area is 189 Å². The van der Waals surface area contributed by atoms with Gasteiger partial charge in [0.2, 0.25) is 11.8 Å². The molecular weight excluding hydrogens is 406 g/mol. The van der Waals surface area contributed by atoms with E-state index in [0.29, 0.717) is 26.2 Å². The second kappa shape index (κ2) is 9.83. The van der Waals surface area contributed by atoms with Crippen molar-refractivity contribution in [2.24, 2.45) is 18.7 Å².